The first-order valence-corrected chi connectivity index (χ1v) is 21.3. The molecule has 61 heavy (non-hydrogen) atoms. The van der Waals surface area contributed by atoms with Crippen molar-refractivity contribution < 1.29 is 19.1 Å². The third-order valence-electron chi connectivity index (χ3n) is 11.1. The number of aromatic nitrogens is 6. The summed E-state index contributed by atoms with van der Waals surface area (Å²) in [6.45, 7) is 1.23. The number of hydrogen-bond donors (Lipinski definition) is 7. The van der Waals surface area contributed by atoms with Crippen LogP contribution in [0.5, 0.6) is 5.75 Å². The summed E-state index contributed by atoms with van der Waals surface area (Å²) in [6.07, 6.45) is 6.48. The number of nitrogens with zero attached hydrogens (tertiary/aromatic N) is 5. The molecule has 1 aliphatic rings. The number of tetrazole rings is 1. The normalized spacial score (nSPS) is 17.9. The number of carbonyl (C=O) groups is 3. The highest BCUT2D eigenvalue weighted by molar-refractivity contribution is 7.99. The van der Waals surface area contributed by atoms with E-state index in [0.717, 1.165) is 49.2 Å². The van der Waals surface area contributed by atoms with Crippen LogP contribution in [0.2, 0.25) is 0 Å². The average Bonchev–Trinajstić information content (AvgIpc) is 3.98. The zero-order chi connectivity index (χ0) is 42.7. The van der Waals surface area contributed by atoms with Crippen molar-refractivity contribution in [1.29, 1.82) is 0 Å². The van der Waals surface area contributed by atoms with Gasteiger partial charge in [0.05, 0.1) is 18.0 Å². The van der Waals surface area contributed by atoms with Crippen molar-refractivity contribution in [2.24, 2.45) is 11.5 Å². The number of amides is 3. The lowest BCUT2D eigenvalue weighted by molar-refractivity contribution is -0.142. The summed E-state index contributed by atoms with van der Waals surface area (Å²) >= 11 is 1.42. The van der Waals surface area contributed by atoms with Crippen LogP contribution in [0, 0.1) is 0 Å². The molecular formula is C44H52N12O4S. The van der Waals surface area contributed by atoms with Crippen LogP contribution in [0.25, 0.3) is 33.4 Å². The first-order valence-electron chi connectivity index (χ1n) is 20.5. The van der Waals surface area contributed by atoms with Gasteiger partial charge in [-0.2, -0.15) is 5.21 Å². The number of nitrogens with one attached hydrogen (secondary N) is 5. The van der Waals surface area contributed by atoms with Crippen molar-refractivity contribution in [1.82, 2.24) is 51.4 Å². The van der Waals surface area contributed by atoms with E-state index < -0.39 is 18.1 Å². The number of hydrogen-bond acceptors (Lipinski definition) is 12. The number of nitrogens with two attached hydrogens (primary N) is 2. The molecule has 9 N–H and O–H groups in total. The first-order chi connectivity index (χ1) is 29.8. The van der Waals surface area contributed by atoms with Gasteiger partial charge < -0.3 is 42.0 Å². The number of rotatable bonds is 12. The van der Waals surface area contributed by atoms with Crippen LogP contribution >= 0.6 is 11.8 Å². The predicted octanol–water partition coefficient (Wildman–Crippen LogP) is 4.08. The maximum atomic E-state index is 14.9. The number of H-pyrrole nitrogens is 2. The monoisotopic (exact) mass is 844 g/mol. The van der Waals surface area contributed by atoms with E-state index in [4.69, 9.17) is 21.2 Å². The largest absolute Gasteiger partial charge is 0.496 e. The molecular weight excluding hydrogens is 793 g/mol. The summed E-state index contributed by atoms with van der Waals surface area (Å²) in [5.74, 6) is -0.00603. The Kier molecular flexibility index (Phi) is 14.4. The number of aromatic amines is 2. The molecule has 0 spiro atoms. The summed E-state index contributed by atoms with van der Waals surface area (Å²) in [5.41, 5.74) is 17.8. The van der Waals surface area contributed by atoms with Gasteiger partial charge in [0, 0.05) is 55.4 Å². The minimum absolute atomic E-state index is 0.0882. The third-order valence-corrected chi connectivity index (χ3v) is 12.3. The lowest BCUT2D eigenvalue weighted by Gasteiger charge is -2.32. The molecule has 17 heteroatoms. The van der Waals surface area contributed by atoms with Crippen molar-refractivity contribution in [2.75, 3.05) is 27.2 Å². The quantitative estimate of drug-likeness (QED) is 0.0864. The van der Waals surface area contributed by atoms with Gasteiger partial charge in [0.1, 0.15) is 22.9 Å². The molecule has 0 unspecified atom stereocenters. The van der Waals surface area contributed by atoms with Gasteiger partial charge >= 0.3 is 0 Å². The highest BCUT2D eigenvalue weighted by Gasteiger charge is 2.34. The van der Waals surface area contributed by atoms with Crippen LogP contribution in [0.15, 0.2) is 95.1 Å². The molecule has 0 aliphatic carbocycles. The maximum absolute atomic E-state index is 14.9. The molecule has 0 bridgehead atoms. The standard InChI is InChI=1S/C44H52N12O4S/c1-56-37(23-30-25-48-34-11-4-3-10-32(30)34)42(58)50-26-33-31(27-14-16-28(17-15-27)40-52-54-55-53-40)18-19-38(60-2)39(33)61-43-29(9-8-22-47-43)24-49-35(13-7-21-46)41(57)51-36(44(56)59)12-5-6-20-45/h3-4,8-11,14-19,22,25,35-37,48-49H,5-7,12-13,20-21,23-24,26,45-46H2,1-2H3,(H,50,58)(H,51,57)(H,52,53,54,55)/t35-,36-,37-/m0/s1. The van der Waals surface area contributed by atoms with E-state index in [1.54, 1.807) is 20.4 Å². The second-order valence-corrected chi connectivity index (χ2v) is 16.0. The van der Waals surface area contributed by atoms with E-state index in [1.165, 1.54) is 16.7 Å². The molecule has 318 valence electrons. The molecule has 3 aromatic heterocycles. The molecule has 0 saturated carbocycles. The highest BCUT2D eigenvalue weighted by atomic mass is 32.2. The summed E-state index contributed by atoms with van der Waals surface area (Å²) in [5, 5.41) is 25.8. The predicted molar refractivity (Wildman–Crippen MR) is 234 cm³/mol. The SMILES string of the molecule is COc1ccc(-c2ccc(-c3nn[nH]n3)cc2)c2c1Sc1ncccc1CN[C@@H](CCCN)C(=O)N[C@@H](CCCCN)C(=O)N(C)[C@@H](Cc1c[nH]c3ccccc13)C(=O)NC2. The van der Waals surface area contributed by atoms with Crippen molar-refractivity contribution in [3.63, 3.8) is 0 Å². The van der Waals surface area contributed by atoms with Crippen LogP contribution in [-0.4, -0.2) is 98.6 Å². The first kappa shape index (κ1) is 43.0. The Morgan fingerprint density at radius 3 is 2.43 bits per heavy atom. The number of unbranched alkanes of at least 4 members (excludes halogenated alkanes) is 1. The Hall–Kier alpha value is -6.14. The van der Waals surface area contributed by atoms with E-state index >= 15 is 0 Å². The fraction of sp³-hybridized carbons (Fsp3) is 0.341. The number of likely N-dealkylation sites (N-methyl/N-ethyl adjacent to an activating group) is 1. The van der Waals surface area contributed by atoms with Crippen LogP contribution < -0.4 is 32.2 Å². The zero-order valence-electron chi connectivity index (χ0n) is 34.3. The van der Waals surface area contributed by atoms with Gasteiger partial charge in [0.15, 0.2) is 0 Å². The van der Waals surface area contributed by atoms with Gasteiger partial charge in [-0.3, -0.25) is 14.4 Å². The number of benzene rings is 3. The smallest absolute Gasteiger partial charge is 0.245 e. The van der Waals surface area contributed by atoms with E-state index in [2.05, 4.69) is 41.6 Å². The zero-order valence-corrected chi connectivity index (χ0v) is 35.1. The van der Waals surface area contributed by atoms with Crippen molar-refractivity contribution in [3.8, 4) is 28.3 Å². The highest BCUT2D eigenvalue weighted by Crippen LogP contribution is 2.43. The molecule has 3 atom stereocenters. The van der Waals surface area contributed by atoms with Gasteiger partial charge in [0.25, 0.3) is 0 Å². The Bertz CT molecular complexity index is 2420. The van der Waals surface area contributed by atoms with Gasteiger partial charge in [-0.25, -0.2) is 4.98 Å². The summed E-state index contributed by atoms with van der Waals surface area (Å²) in [6, 6.07) is 20.8. The fourth-order valence-electron chi connectivity index (χ4n) is 7.67. The van der Waals surface area contributed by atoms with E-state index in [9.17, 15) is 14.4 Å². The van der Waals surface area contributed by atoms with Crippen LogP contribution in [-0.2, 0) is 33.9 Å². The van der Waals surface area contributed by atoms with Crippen molar-refractivity contribution >= 4 is 40.4 Å². The van der Waals surface area contributed by atoms with E-state index in [-0.39, 0.29) is 30.7 Å². The molecule has 7 rings (SSSR count). The number of para-hydroxylation sites is 1. The van der Waals surface area contributed by atoms with E-state index in [0.29, 0.717) is 68.3 Å². The minimum atomic E-state index is -0.954. The Labute approximate surface area is 358 Å². The van der Waals surface area contributed by atoms with Crippen LogP contribution in [0.3, 0.4) is 0 Å². The summed E-state index contributed by atoms with van der Waals surface area (Å²) in [7, 11) is 3.24. The Morgan fingerprint density at radius 1 is 0.869 bits per heavy atom. The number of methoxy groups -OCH3 is 1. The van der Waals surface area contributed by atoms with Crippen molar-refractivity contribution in [2.45, 2.75) is 79.7 Å². The summed E-state index contributed by atoms with van der Waals surface area (Å²) in [4.78, 5) is 54.1. The summed E-state index contributed by atoms with van der Waals surface area (Å²) < 4.78 is 5.99. The molecule has 0 fully saturated rings. The molecule has 0 saturated heterocycles. The molecule has 6 aromatic rings. The topological polar surface area (TPSA) is 235 Å². The molecule has 3 aromatic carbocycles. The lowest BCUT2D eigenvalue weighted by atomic mass is 9.97. The van der Waals surface area contributed by atoms with Gasteiger partial charge in [-0.05, 0) is 96.4 Å². The molecule has 3 amide bonds. The lowest BCUT2D eigenvalue weighted by Crippen LogP contribution is -2.57. The Balaban J connectivity index is 1.35. The fourth-order valence-corrected chi connectivity index (χ4v) is 8.80. The Morgan fingerprint density at radius 2 is 1.66 bits per heavy atom. The third kappa shape index (κ3) is 10.1. The number of ether oxygens (including phenoxy) is 1. The second kappa shape index (κ2) is 20.4. The van der Waals surface area contributed by atoms with Gasteiger partial charge in [0.2, 0.25) is 23.5 Å². The van der Waals surface area contributed by atoms with Crippen LogP contribution in [0.4, 0.5) is 0 Å². The van der Waals surface area contributed by atoms with Crippen molar-refractivity contribution in [3.05, 3.63) is 102 Å². The molecule has 0 radical (unpaired) electrons. The number of fused-ring (bicyclic) bond motifs is 3. The average molecular weight is 845 g/mol. The molecule has 1 aliphatic heterocycles. The minimum Gasteiger partial charge on any atom is -0.496 e. The number of carbonyl (C=O) groups excluding carboxylic acids is 3. The second-order valence-electron chi connectivity index (χ2n) is 15.0. The number of pyridine rings is 1. The molecule has 16 nitrogen and oxygen atoms in total. The molecule has 4 heterocycles. The van der Waals surface area contributed by atoms with E-state index in [1.807, 2.05) is 79.0 Å². The van der Waals surface area contributed by atoms with Crippen LogP contribution in [0.1, 0.15) is 48.8 Å². The van der Waals surface area contributed by atoms with Gasteiger partial charge in [-0.1, -0.05) is 66.4 Å². The van der Waals surface area contributed by atoms with Gasteiger partial charge in [-0.15, -0.1) is 10.2 Å². The maximum Gasteiger partial charge on any atom is 0.245 e.